The molecule has 3 rings (SSSR count). The lowest BCUT2D eigenvalue weighted by Crippen LogP contribution is -2.55. The van der Waals surface area contributed by atoms with Gasteiger partial charge in [-0.15, -0.1) is 0 Å². The summed E-state index contributed by atoms with van der Waals surface area (Å²) < 4.78 is 0. The molecule has 4 heteroatoms. The van der Waals surface area contributed by atoms with E-state index in [0.29, 0.717) is 0 Å². The minimum Gasteiger partial charge on any atom is -0.367 e. The topological polar surface area (TPSA) is 53.2 Å². The van der Waals surface area contributed by atoms with Gasteiger partial charge in [-0.1, -0.05) is 12.1 Å². The first-order valence-corrected chi connectivity index (χ1v) is 5.74. The number of hydrogen-bond donors (Lipinski definition) is 3. The van der Waals surface area contributed by atoms with Crippen LogP contribution in [-0.2, 0) is 0 Å². The zero-order valence-electron chi connectivity index (χ0n) is 8.99. The molecule has 1 aromatic carbocycles. The van der Waals surface area contributed by atoms with E-state index >= 15 is 0 Å². The number of carbonyl (C=O) groups excluding carboxylic acids is 1. The van der Waals surface area contributed by atoms with Gasteiger partial charge in [-0.3, -0.25) is 10.1 Å². The molecule has 1 aromatic rings. The molecule has 2 heterocycles. The van der Waals surface area contributed by atoms with Crippen LogP contribution in [0.25, 0.3) is 0 Å². The Bertz CT molecular complexity index is 418. The number of piperidine rings is 1. The zero-order valence-corrected chi connectivity index (χ0v) is 8.99. The third kappa shape index (κ3) is 1.55. The van der Waals surface area contributed by atoms with E-state index in [1.165, 1.54) is 0 Å². The van der Waals surface area contributed by atoms with Crippen molar-refractivity contribution >= 4 is 11.6 Å². The lowest BCUT2D eigenvalue weighted by molar-refractivity contribution is 0.0927. The highest BCUT2D eigenvalue weighted by Gasteiger charge is 2.30. The lowest BCUT2D eigenvalue weighted by atomic mass is 10.0. The predicted octanol–water partition coefficient (Wildman–Crippen LogP) is 0.920. The van der Waals surface area contributed by atoms with Crippen molar-refractivity contribution in [2.45, 2.75) is 25.0 Å². The highest BCUT2D eigenvalue weighted by atomic mass is 16.1. The van der Waals surface area contributed by atoms with Crippen molar-refractivity contribution in [3.05, 3.63) is 29.8 Å². The minimum atomic E-state index is 0.0271. The normalized spacial score (nSPS) is 28.1. The van der Waals surface area contributed by atoms with Crippen molar-refractivity contribution in [3.63, 3.8) is 0 Å². The largest absolute Gasteiger partial charge is 0.367 e. The first kappa shape index (κ1) is 9.66. The van der Waals surface area contributed by atoms with Crippen LogP contribution in [0.1, 0.15) is 23.2 Å². The molecule has 2 aliphatic heterocycles. The summed E-state index contributed by atoms with van der Waals surface area (Å²) in [6.45, 7) is 1.01. The Morgan fingerprint density at radius 2 is 2.06 bits per heavy atom. The van der Waals surface area contributed by atoms with Crippen molar-refractivity contribution in [2.75, 3.05) is 11.9 Å². The molecule has 1 saturated heterocycles. The van der Waals surface area contributed by atoms with E-state index in [2.05, 4.69) is 16.0 Å². The van der Waals surface area contributed by atoms with Crippen LogP contribution in [0.15, 0.2) is 24.3 Å². The predicted molar refractivity (Wildman–Crippen MR) is 62.3 cm³/mol. The Kier molecular flexibility index (Phi) is 2.29. The molecule has 0 saturated carbocycles. The second-order valence-corrected chi connectivity index (χ2v) is 4.34. The van der Waals surface area contributed by atoms with Crippen LogP contribution in [0.2, 0.25) is 0 Å². The summed E-state index contributed by atoms with van der Waals surface area (Å²) in [5.74, 6) is 0.0271. The number of hydrogen-bond acceptors (Lipinski definition) is 3. The van der Waals surface area contributed by atoms with E-state index in [-0.39, 0.29) is 18.1 Å². The average Bonchev–Trinajstić information content (AvgIpc) is 2.45. The van der Waals surface area contributed by atoms with Gasteiger partial charge in [-0.2, -0.15) is 0 Å². The van der Waals surface area contributed by atoms with E-state index in [1.54, 1.807) is 0 Å². The molecule has 2 aliphatic rings. The summed E-state index contributed by atoms with van der Waals surface area (Å²) in [4.78, 5) is 12.0. The Labute approximate surface area is 94.4 Å². The molecule has 0 aliphatic carbocycles. The molecular formula is C12H15N3O. The minimum absolute atomic E-state index is 0.0271. The summed E-state index contributed by atoms with van der Waals surface area (Å²) in [6.07, 6.45) is 2.30. The van der Waals surface area contributed by atoms with Gasteiger partial charge >= 0.3 is 0 Å². The Balaban J connectivity index is 1.97. The molecule has 1 amide bonds. The fraction of sp³-hybridized carbons (Fsp3) is 0.417. The maximum absolute atomic E-state index is 12.0. The number of para-hydroxylation sites is 1. The second kappa shape index (κ2) is 3.79. The lowest BCUT2D eigenvalue weighted by Gasteiger charge is -2.32. The molecule has 4 nitrogen and oxygen atoms in total. The quantitative estimate of drug-likeness (QED) is 0.605. The number of carbonyl (C=O) groups is 1. The van der Waals surface area contributed by atoms with Crippen molar-refractivity contribution in [1.29, 1.82) is 0 Å². The monoisotopic (exact) mass is 217 g/mol. The Hall–Kier alpha value is -1.55. The smallest absolute Gasteiger partial charge is 0.253 e. The molecule has 0 aromatic heterocycles. The molecule has 2 atom stereocenters. The fourth-order valence-electron chi connectivity index (χ4n) is 2.42. The SMILES string of the molecule is O=C1N[C@@H]2CCCN[C@H]2Nc2ccccc21. The number of amides is 1. The first-order valence-electron chi connectivity index (χ1n) is 5.74. The highest BCUT2D eigenvalue weighted by molar-refractivity contribution is 6.00. The van der Waals surface area contributed by atoms with Gasteiger partial charge in [-0.25, -0.2) is 0 Å². The van der Waals surface area contributed by atoms with Gasteiger partial charge in [0.25, 0.3) is 5.91 Å². The Morgan fingerprint density at radius 1 is 1.19 bits per heavy atom. The van der Waals surface area contributed by atoms with Gasteiger partial charge in [0.1, 0.15) is 0 Å². The van der Waals surface area contributed by atoms with E-state index < -0.39 is 0 Å². The third-order valence-corrected chi connectivity index (χ3v) is 3.26. The van der Waals surface area contributed by atoms with Crippen LogP contribution in [0, 0.1) is 0 Å². The molecule has 0 radical (unpaired) electrons. The average molecular weight is 217 g/mol. The molecule has 0 spiro atoms. The van der Waals surface area contributed by atoms with Crippen LogP contribution in [0.4, 0.5) is 5.69 Å². The van der Waals surface area contributed by atoms with E-state index in [1.807, 2.05) is 24.3 Å². The van der Waals surface area contributed by atoms with Crippen molar-refractivity contribution < 1.29 is 4.79 Å². The second-order valence-electron chi connectivity index (χ2n) is 4.34. The van der Waals surface area contributed by atoms with Crippen LogP contribution in [0.5, 0.6) is 0 Å². The van der Waals surface area contributed by atoms with Gasteiger partial charge in [0.15, 0.2) is 0 Å². The number of fused-ring (bicyclic) bond motifs is 2. The molecule has 84 valence electrons. The van der Waals surface area contributed by atoms with E-state index in [4.69, 9.17) is 0 Å². The summed E-state index contributed by atoms with van der Waals surface area (Å²) in [5.41, 5.74) is 1.65. The summed E-state index contributed by atoms with van der Waals surface area (Å²) >= 11 is 0. The van der Waals surface area contributed by atoms with Crippen LogP contribution < -0.4 is 16.0 Å². The number of nitrogens with one attached hydrogen (secondary N) is 3. The molecule has 1 fully saturated rings. The number of rotatable bonds is 0. The zero-order chi connectivity index (χ0) is 11.0. The number of anilines is 1. The van der Waals surface area contributed by atoms with Gasteiger partial charge in [0, 0.05) is 5.69 Å². The maximum Gasteiger partial charge on any atom is 0.253 e. The third-order valence-electron chi connectivity index (χ3n) is 3.26. The molecule has 0 unspecified atom stereocenters. The first-order chi connectivity index (χ1) is 7.84. The van der Waals surface area contributed by atoms with Gasteiger partial charge in [0.2, 0.25) is 0 Å². The van der Waals surface area contributed by atoms with Crippen LogP contribution >= 0.6 is 0 Å². The molecule has 16 heavy (non-hydrogen) atoms. The van der Waals surface area contributed by atoms with E-state index in [9.17, 15) is 4.79 Å². The molecule has 3 N–H and O–H groups in total. The van der Waals surface area contributed by atoms with Crippen molar-refractivity contribution in [3.8, 4) is 0 Å². The van der Waals surface area contributed by atoms with Gasteiger partial charge in [-0.05, 0) is 31.5 Å². The molecule has 0 bridgehead atoms. The number of benzene rings is 1. The highest BCUT2D eigenvalue weighted by Crippen LogP contribution is 2.22. The van der Waals surface area contributed by atoms with Crippen molar-refractivity contribution in [1.82, 2.24) is 10.6 Å². The summed E-state index contributed by atoms with van der Waals surface area (Å²) in [5, 5.41) is 9.87. The maximum atomic E-state index is 12.0. The van der Waals surface area contributed by atoms with Crippen molar-refractivity contribution in [2.24, 2.45) is 0 Å². The van der Waals surface area contributed by atoms with Gasteiger partial charge < -0.3 is 10.6 Å². The Morgan fingerprint density at radius 3 is 3.00 bits per heavy atom. The fourth-order valence-corrected chi connectivity index (χ4v) is 2.42. The van der Waals surface area contributed by atoms with Crippen LogP contribution in [0.3, 0.4) is 0 Å². The van der Waals surface area contributed by atoms with Gasteiger partial charge in [0.05, 0.1) is 17.8 Å². The van der Waals surface area contributed by atoms with E-state index in [0.717, 1.165) is 30.6 Å². The van der Waals surface area contributed by atoms with Crippen LogP contribution in [-0.4, -0.2) is 24.7 Å². The standard InChI is InChI=1S/C12H15N3O/c16-12-8-4-1-2-5-9(8)14-11-10(15-12)6-3-7-13-11/h1-2,4-5,10-11,13-14H,3,6-7H2,(H,15,16)/t10-,11+/m1/s1. The summed E-state index contributed by atoms with van der Waals surface area (Å²) in [7, 11) is 0. The summed E-state index contributed by atoms with van der Waals surface area (Å²) in [6, 6.07) is 7.83. The molecular weight excluding hydrogens is 202 g/mol.